The molecule has 0 saturated carbocycles. The van der Waals surface area contributed by atoms with Gasteiger partial charge < -0.3 is 9.13 Å². The average Bonchev–Trinajstić information content (AvgIpc) is 3.77. The largest absolute Gasteiger partial charge is 0.309 e. The summed E-state index contributed by atoms with van der Waals surface area (Å²) in [6.45, 7) is 0. The van der Waals surface area contributed by atoms with Gasteiger partial charge in [0.25, 0.3) is 0 Å². The fraction of sp³-hybridized carbons (Fsp3) is 0. The minimum atomic E-state index is 0.450. The number of fused-ring (bicyclic) bond motifs is 7. The van der Waals surface area contributed by atoms with Gasteiger partial charge in [0.2, 0.25) is 0 Å². The van der Waals surface area contributed by atoms with Crippen molar-refractivity contribution in [1.82, 2.24) is 9.13 Å². The minimum Gasteiger partial charge on any atom is -0.309 e. The molecule has 0 saturated heterocycles. The highest BCUT2D eigenvalue weighted by molar-refractivity contribution is 6.26. The summed E-state index contributed by atoms with van der Waals surface area (Å²) in [6.07, 6.45) is 0. The van der Waals surface area contributed by atoms with E-state index in [1.54, 1.807) is 6.07 Å². The van der Waals surface area contributed by atoms with Crippen molar-refractivity contribution in [2.75, 3.05) is 0 Å². The number of aromatic nitrogens is 2. The maximum Gasteiger partial charge on any atom is 0.0992 e. The molecule has 4 heteroatoms. The van der Waals surface area contributed by atoms with Crippen LogP contribution >= 0.6 is 0 Å². The van der Waals surface area contributed by atoms with Crippen LogP contribution in [0.3, 0.4) is 0 Å². The Labute approximate surface area is 312 Å². The number of nitriles is 2. The molecule has 0 unspecified atom stereocenters. The van der Waals surface area contributed by atoms with E-state index in [0.717, 1.165) is 55.8 Å². The van der Waals surface area contributed by atoms with E-state index < -0.39 is 0 Å². The Kier molecular flexibility index (Phi) is 7.22. The molecule has 0 atom stereocenters. The first-order valence-corrected chi connectivity index (χ1v) is 18.0. The quantitative estimate of drug-likeness (QED) is 0.181. The highest BCUT2D eigenvalue weighted by atomic mass is 15.0. The molecule has 0 spiro atoms. The summed E-state index contributed by atoms with van der Waals surface area (Å²) < 4.78 is 4.80. The highest BCUT2D eigenvalue weighted by Crippen LogP contribution is 2.46. The molecule has 10 aromatic rings. The average molecular weight is 687 g/mol. The van der Waals surface area contributed by atoms with Crippen LogP contribution in [-0.2, 0) is 0 Å². The molecular formula is C50H30N4. The van der Waals surface area contributed by atoms with Gasteiger partial charge in [0.1, 0.15) is 0 Å². The van der Waals surface area contributed by atoms with Gasteiger partial charge >= 0.3 is 0 Å². The van der Waals surface area contributed by atoms with Crippen LogP contribution in [0.4, 0.5) is 0 Å². The monoisotopic (exact) mass is 686 g/mol. The normalized spacial score (nSPS) is 11.3. The number of benzene rings is 8. The van der Waals surface area contributed by atoms with Gasteiger partial charge in [-0.25, -0.2) is 0 Å². The number of hydrogen-bond acceptors (Lipinski definition) is 2. The van der Waals surface area contributed by atoms with E-state index in [1.807, 2.05) is 24.3 Å². The molecular weight excluding hydrogens is 657 g/mol. The molecule has 2 aromatic heterocycles. The SMILES string of the molecule is N#Cc1cc(C#N)cc(-c2c(-c3ccccc3)cc(-n3c4ccccc4c4c3ccc3c5ccccc5n(-c5ccccc5)c34)cc2-c2ccccc2)c1. The molecule has 0 fully saturated rings. The van der Waals surface area contributed by atoms with Crippen molar-refractivity contribution in [1.29, 1.82) is 10.5 Å². The first-order chi connectivity index (χ1) is 26.7. The zero-order valence-corrected chi connectivity index (χ0v) is 29.1. The zero-order chi connectivity index (χ0) is 36.2. The maximum absolute atomic E-state index is 10.0. The van der Waals surface area contributed by atoms with Gasteiger partial charge in [-0.1, -0.05) is 121 Å². The van der Waals surface area contributed by atoms with E-state index in [-0.39, 0.29) is 0 Å². The van der Waals surface area contributed by atoms with Crippen LogP contribution < -0.4 is 0 Å². The second-order valence-corrected chi connectivity index (χ2v) is 13.6. The summed E-state index contributed by atoms with van der Waals surface area (Å²) in [6, 6.07) is 67.9. The van der Waals surface area contributed by atoms with Crippen LogP contribution in [0.15, 0.2) is 182 Å². The van der Waals surface area contributed by atoms with Crippen molar-refractivity contribution in [3.8, 4) is 56.9 Å². The lowest BCUT2D eigenvalue weighted by atomic mass is 9.86. The maximum atomic E-state index is 10.0. The number of hydrogen-bond donors (Lipinski definition) is 0. The number of rotatable bonds is 5. The zero-order valence-electron chi connectivity index (χ0n) is 29.1. The molecule has 54 heavy (non-hydrogen) atoms. The highest BCUT2D eigenvalue weighted by Gasteiger charge is 2.23. The molecule has 0 aliphatic heterocycles. The second-order valence-electron chi connectivity index (χ2n) is 13.6. The van der Waals surface area contributed by atoms with Crippen LogP contribution in [0.25, 0.3) is 88.4 Å². The standard InChI is InChI=1S/C50H30N4/c51-31-33-26-34(32-52)28-37(27-33)48-43(35-14-4-1-5-15-35)29-39(30-44(48)36-16-6-2-7-17-36)53-46-23-13-11-21-42(46)49-47(53)25-24-41-40-20-10-12-22-45(40)54(50(41)49)38-18-8-3-9-19-38/h1-30H. The Balaban J connectivity index is 1.37. The van der Waals surface area contributed by atoms with Crippen LogP contribution in [0, 0.1) is 22.7 Å². The van der Waals surface area contributed by atoms with Crippen molar-refractivity contribution in [3.05, 3.63) is 193 Å². The lowest BCUT2D eigenvalue weighted by molar-refractivity contribution is 1.17. The Morgan fingerprint density at radius 1 is 0.370 bits per heavy atom. The molecule has 0 N–H and O–H groups in total. The lowest BCUT2D eigenvalue weighted by Crippen LogP contribution is -1.99. The molecule has 0 aliphatic rings. The van der Waals surface area contributed by atoms with Crippen molar-refractivity contribution < 1.29 is 0 Å². The molecule has 4 nitrogen and oxygen atoms in total. The topological polar surface area (TPSA) is 57.4 Å². The van der Waals surface area contributed by atoms with Crippen molar-refractivity contribution in [2.24, 2.45) is 0 Å². The predicted molar refractivity (Wildman–Crippen MR) is 221 cm³/mol. The Morgan fingerprint density at radius 3 is 1.48 bits per heavy atom. The first kappa shape index (κ1) is 31.1. The van der Waals surface area contributed by atoms with Crippen LogP contribution in [0.5, 0.6) is 0 Å². The molecule has 8 aromatic carbocycles. The summed E-state index contributed by atoms with van der Waals surface area (Å²) >= 11 is 0. The smallest absolute Gasteiger partial charge is 0.0992 e. The third-order valence-electron chi connectivity index (χ3n) is 10.5. The Hall–Kier alpha value is -7.66. The van der Waals surface area contributed by atoms with E-state index in [0.29, 0.717) is 11.1 Å². The summed E-state index contributed by atoms with van der Waals surface area (Å²) in [4.78, 5) is 0. The van der Waals surface area contributed by atoms with Gasteiger partial charge in [-0.15, -0.1) is 0 Å². The summed E-state index contributed by atoms with van der Waals surface area (Å²) in [7, 11) is 0. The van der Waals surface area contributed by atoms with Gasteiger partial charge in [-0.05, 0) is 94.0 Å². The van der Waals surface area contributed by atoms with Crippen molar-refractivity contribution in [3.63, 3.8) is 0 Å². The predicted octanol–water partition coefficient (Wildman–Crippen LogP) is 12.6. The van der Waals surface area contributed by atoms with Crippen LogP contribution in [0.1, 0.15) is 11.1 Å². The molecule has 0 amide bonds. The fourth-order valence-corrected chi connectivity index (χ4v) is 8.29. The van der Waals surface area contributed by atoms with Crippen LogP contribution in [0.2, 0.25) is 0 Å². The van der Waals surface area contributed by atoms with Gasteiger partial charge in [0, 0.05) is 32.9 Å². The molecule has 0 aliphatic carbocycles. The molecule has 10 rings (SSSR count). The molecule has 2 heterocycles. The summed E-state index contributed by atoms with van der Waals surface area (Å²) in [5.74, 6) is 0. The van der Waals surface area contributed by atoms with E-state index in [2.05, 4.69) is 173 Å². The fourth-order valence-electron chi connectivity index (χ4n) is 8.29. The van der Waals surface area contributed by atoms with E-state index in [1.165, 1.54) is 32.6 Å². The first-order valence-electron chi connectivity index (χ1n) is 18.0. The van der Waals surface area contributed by atoms with Gasteiger partial charge in [0.15, 0.2) is 0 Å². The second kappa shape index (κ2) is 12.5. The van der Waals surface area contributed by atoms with E-state index in [9.17, 15) is 10.5 Å². The number of nitrogens with zero attached hydrogens (tertiary/aromatic N) is 4. The third-order valence-corrected chi connectivity index (χ3v) is 10.5. The molecule has 250 valence electrons. The van der Waals surface area contributed by atoms with E-state index in [4.69, 9.17) is 0 Å². The molecule has 0 radical (unpaired) electrons. The van der Waals surface area contributed by atoms with E-state index >= 15 is 0 Å². The molecule has 0 bridgehead atoms. The van der Waals surface area contributed by atoms with Crippen molar-refractivity contribution >= 4 is 43.6 Å². The third kappa shape index (κ3) is 4.83. The van der Waals surface area contributed by atoms with Crippen molar-refractivity contribution in [2.45, 2.75) is 0 Å². The van der Waals surface area contributed by atoms with Gasteiger partial charge in [0.05, 0.1) is 45.3 Å². The van der Waals surface area contributed by atoms with Crippen LogP contribution in [-0.4, -0.2) is 9.13 Å². The summed E-state index contributed by atoms with van der Waals surface area (Å²) in [5, 5.41) is 24.8. The summed E-state index contributed by atoms with van der Waals surface area (Å²) in [5.41, 5.74) is 13.5. The lowest BCUT2D eigenvalue weighted by Gasteiger charge is -2.20. The van der Waals surface area contributed by atoms with Gasteiger partial charge in [-0.3, -0.25) is 0 Å². The Morgan fingerprint density at radius 2 is 0.889 bits per heavy atom. The Bertz CT molecular complexity index is 3060. The minimum absolute atomic E-state index is 0.450. The number of para-hydroxylation sites is 3. The van der Waals surface area contributed by atoms with Gasteiger partial charge in [-0.2, -0.15) is 10.5 Å².